The summed E-state index contributed by atoms with van der Waals surface area (Å²) in [6.45, 7) is 7.44. The Bertz CT molecular complexity index is 1130. The number of aromatic nitrogens is 4. The summed E-state index contributed by atoms with van der Waals surface area (Å²) in [7, 11) is 0. The highest BCUT2D eigenvalue weighted by molar-refractivity contribution is 5.95. The summed E-state index contributed by atoms with van der Waals surface area (Å²) in [6.07, 6.45) is 6.97. The molecule has 0 N–H and O–H groups in total. The highest BCUT2D eigenvalue weighted by atomic mass is 16.2. The van der Waals surface area contributed by atoms with Crippen LogP contribution in [-0.2, 0) is 22.6 Å². The van der Waals surface area contributed by atoms with Crippen molar-refractivity contribution in [2.75, 3.05) is 11.4 Å². The van der Waals surface area contributed by atoms with Crippen LogP contribution in [0.3, 0.4) is 0 Å². The quantitative estimate of drug-likeness (QED) is 0.612. The van der Waals surface area contributed by atoms with E-state index in [1.165, 1.54) is 0 Å². The van der Waals surface area contributed by atoms with Crippen LogP contribution in [0.2, 0.25) is 0 Å². The smallest absolute Gasteiger partial charge is 0.228 e. The Morgan fingerprint density at radius 3 is 2.61 bits per heavy atom. The zero-order valence-corrected chi connectivity index (χ0v) is 18.3. The molecule has 0 aromatic carbocycles. The topological polar surface area (TPSA) is 81.0 Å². The molecule has 0 atom stereocenters. The molecule has 4 heterocycles. The first-order chi connectivity index (χ1) is 14.9. The van der Waals surface area contributed by atoms with Crippen molar-refractivity contribution in [1.29, 1.82) is 0 Å². The highest BCUT2D eigenvalue weighted by Crippen LogP contribution is 2.24. The Balaban J connectivity index is 1.36. The SMILES string of the molecule is Cc1cncc(-c2cnc(CC(=O)CCC(=O)N3CCCn4nc(C)cc43)cc2C)c1. The second kappa shape index (κ2) is 8.79. The summed E-state index contributed by atoms with van der Waals surface area (Å²) in [6, 6.07) is 5.95. The number of carbonyl (C=O) groups excluding carboxylic acids is 2. The second-order valence-corrected chi connectivity index (χ2v) is 8.22. The monoisotopic (exact) mass is 417 g/mol. The standard InChI is InChI=1S/C24H27N5O2/c1-16-9-19(14-25-13-16)22-15-26-20(10-17(22)2)12-21(30)5-6-24(31)28-7-4-8-29-23(28)11-18(3)27-29/h9-11,13-15H,4-8,12H2,1-3H3. The van der Waals surface area contributed by atoms with Crippen molar-refractivity contribution in [3.8, 4) is 11.1 Å². The minimum absolute atomic E-state index is 0.0203. The Labute approximate surface area is 182 Å². The maximum Gasteiger partial charge on any atom is 0.228 e. The van der Waals surface area contributed by atoms with Crippen LogP contribution < -0.4 is 4.90 Å². The number of pyridine rings is 2. The van der Waals surface area contributed by atoms with Crippen molar-refractivity contribution >= 4 is 17.5 Å². The lowest BCUT2D eigenvalue weighted by Gasteiger charge is -2.27. The molecule has 160 valence electrons. The summed E-state index contributed by atoms with van der Waals surface area (Å²) in [4.78, 5) is 35.7. The molecule has 7 heteroatoms. The normalized spacial score (nSPS) is 13.2. The summed E-state index contributed by atoms with van der Waals surface area (Å²) in [5.41, 5.74) is 5.80. The number of amides is 1. The number of rotatable bonds is 6. The van der Waals surface area contributed by atoms with Crippen LogP contribution in [0.5, 0.6) is 0 Å². The third-order valence-electron chi connectivity index (χ3n) is 5.56. The lowest BCUT2D eigenvalue weighted by atomic mass is 10.0. The van der Waals surface area contributed by atoms with E-state index in [9.17, 15) is 9.59 Å². The predicted molar refractivity (Wildman–Crippen MR) is 119 cm³/mol. The van der Waals surface area contributed by atoms with E-state index >= 15 is 0 Å². The van der Waals surface area contributed by atoms with E-state index in [0.29, 0.717) is 6.54 Å². The first kappa shape index (κ1) is 20.9. The van der Waals surface area contributed by atoms with E-state index in [1.807, 2.05) is 50.0 Å². The molecular weight excluding hydrogens is 390 g/mol. The number of nitrogens with zero attached hydrogens (tertiary/aromatic N) is 5. The first-order valence-corrected chi connectivity index (χ1v) is 10.6. The summed E-state index contributed by atoms with van der Waals surface area (Å²) >= 11 is 0. The molecule has 3 aromatic heterocycles. The molecule has 0 unspecified atom stereocenters. The van der Waals surface area contributed by atoms with Gasteiger partial charge in [-0.05, 0) is 50.5 Å². The molecular formula is C24H27N5O2. The van der Waals surface area contributed by atoms with Crippen molar-refractivity contribution in [3.63, 3.8) is 0 Å². The molecule has 1 aliphatic rings. The Morgan fingerprint density at radius 1 is 1.00 bits per heavy atom. The number of carbonyl (C=O) groups is 2. The van der Waals surface area contributed by atoms with Gasteiger partial charge in [0.2, 0.25) is 5.91 Å². The minimum atomic E-state index is -0.0272. The first-order valence-electron chi connectivity index (χ1n) is 10.6. The summed E-state index contributed by atoms with van der Waals surface area (Å²) in [5, 5.41) is 4.42. The van der Waals surface area contributed by atoms with Crippen molar-refractivity contribution in [3.05, 3.63) is 59.3 Å². The molecule has 1 amide bonds. The van der Waals surface area contributed by atoms with Gasteiger partial charge in [0.25, 0.3) is 0 Å². The van der Waals surface area contributed by atoms with Crippen molar-refractivity contribution in [1.82, 2.24) is 19.7 Å². The average molecular weight is 418 g/mol. The third kappa shape index (κ3) is 4.71. The van der Waals surface area contributed by atoms with E-state index in [4.69, 9.17) is 0 Å². The van der Waals surface area contributed by atoms with Gasteiger partial charge in [-0.15, -0.1) is 0 Å². The molecule has 0 aliphatic carbocycles. The lowest BCUT2D eigenvalue weighted by molar-refractivity contribution is -0.123. The molecule has 0 bridgehead atoms. The maximum absolute atomic E-state index is 12.7. The van der Waals surface area contributed by atoms with Gasteiger partial charge in [-0.2, -0.15) is 5.10 Å². The van der Waals surface area contributed by atoms with Gasteiger partial charge >= 0.3 is 0 Å². The second-order valence-electron chi connectivity index (χ2n) is 8.22. The predicted octanol–water partition coefficient (Wildman–Crippen LogP) is 3.59. The number of Topliss-reactive ketones (excluding diaryl/α,β-unsaturated/α-hetero) is 1. The lowest BCUT2D eigenvalue weighted by Crippen LogP contribution is -2.37. The van der Waals surface area contributed by atoms with Crippen molar-refractivity contribution in [2.24, 2.45) is 0 Å². The molecule has 0 spiro atoms. The summed E-state index contributed by atoms with van der Waals surface area (Å²) in [5.74, 6) is 0.826. The zero-order chi connectivity index (χ0) is 22.0. The van der Waals surface area contributed by atoms with Crippen LogP contribution in [0.4, 0.5) is 5.82 Å². The number of hydrogen-bond donors (Lipinski definition) is 0. The third-order valence-corrected chi connectivity index (χ3v) is 5.56. The van der Waals surface area contributed by atoms with Gasteiger partial charge < -0.3 is 0 Å². The van der Waals surface area contributed by atoms with Crippen LogP contribution in [0, 0.1) is 20.8 Å². The van der Waals surface area contributed by atoms with E-state index < -0.39 is 0 Å². The van der Waals surface area contributed by atoms with Crippen LogP contribution in [0.1, 0.15) is 41.8 Å². The Kier molecular flexibility index (Phi) is 5.93. The molecule has 3 aromatic rings. The van der Waals surface area contributed by atoms with Gasteiger partial charge in [-0.1, -0.05) is 0 Å². The molecule has 0 radical (unpaired) electrons. The molecule has 0 fully saturated rings. The Hall–Kier alpha value is -3.35. The van der Waals surface area contributed by atoms with Crippen molar-refractivity contribution < 1.29 is 9.59 Å². The molecule has 4 rings (SSSR count). The number of ketones is 1. The van der Waals surface area contributed by atoms with Gasteiger partial charge in [0.1, 0.15) is 11.6 Å². The van der Waals surface area contributed by atoms with Crippen molar-refractivity contribution in [2.45, 2.75) is 53.0 Å². The van der Waals surface area contributed by atoms with Gasteiger partial charge in [-0.25, -0.2) is 4.68 Å². The molecule has 0 saturated carbocycles. The Morgan fingerprint density at radius 2 is 1.84 bits per heavy atom. The molecule has 31 heavy (non-hydrogen) atoms. The van der Waals surface area contributed by atoms with E-state index in [-0.39, 0.29) is 31.0 Å². The molecule has 1 aliphatic heterocycles. The van der Waals surface area contributed by atoms with Crippen LogP contribution in [-0.4, -0.2) is 38.0 Å². The van der Waals surface area contributed by atoms with E-state index in [2.05, 4.69) is 21.1 Å². The number of hydrogen-bond acceptors (Lipinski definition) is 5. The van der Waals surface area contributed by atoms with Crippen LogP contribution in [0.25, 0.3) is 11.1 Å². The van der Waals surface area contributed by atoms with Gasteiger partial charge in [-0.3, -0.25) is 24.5 Å². The van der Waals surface area contributed by atoms with Gasteiger partial charge in [0, 0.05) is 73.8 Å². The average Bonchev–Trinajstić information content (AvgIpc) is 3.12. The van der Waals surface area contributed by atoms with Gasteiger partial charge in [0.15, 0.2) is 0 Å². The maximum atomic E-state index is 12.7. The minimum Gasteiger partial charge on any atom is -0.299 e. The molecule has 0 saturated heterocycles. The number of anilines is 1. The van der Waals surface area contributed by atoms with E-state index in [0.717, 1.165) is 52.4 Å². The van der Waals surface area contributed by atoms with Crippen LogP contribution in [0.15, 0.2) is 36.8 Å². The molecule has 7 nitrogen and oxygen atoms in total. The van der Waals surface area contributed by atoms with Gasteiger partial charge in [0.05, 0.1) is 5.69 Å². The summed E-state index contributed by atoms with van der Waals surface area (Å²) < 4.78 is 1.87. The highest BCUT2D eigenvalue weighted by Gasteiger charge is 2.24. The number of fused-ring (bicyclic) bond motifs is 1. The van der Waals surface area contributed by atoms with Crippen LogP contribution >= 0.6 is 0 Å². The van der Waals surface area contributed by atoms with E-state index in [1.54, 1.807) is 11.1 Å². The fourth-order valence-electron chi connectivity index (χ4n) is 4.05. The fourth-order valence-corrected chi connectivity index (χ4v) is 4.05. The largest absolute Gasteiger partial charge is 0.299 e. The number of aryl methyl sites for hydroxylation is 4. The fraction of sp³-hybridized carbons (Fsp3) is 0.375. The zero-order valence-electron chi connectivity index (χ0n) is 18.3.